The maximum absolute atomic E-state index is 13.3. The molecule has 0 spiro atoms. The second-order valence-corrected chi connectivity index (χ2v) is 9.55. The number of fused-ring (bicyclic) bond motifs is 1. The van der Waals surface area contributed by atoms with Gasteiger partial charge in [0, 0.05) is 31.8 Å². The van der Waals surface area contributed by atoms with Crippen LogP contribution in [-0.2, 0) is 23.0 Å². The van der Waals surface area contributed by atoms with E-state index in [0.29, 0.717) is 25.1 Å². The third kappa shape index (κ3) is 5.97. The van der Waals surface area contributed by atoms with Crippen LogP contribution >= 0.6 is 11.6 Å². The van der Waals surface area contributed by atoms with Crippen LogP contribution in [0.4, 0.5) is 14.5 Å². The number of nitrogens with one attached hydrogen (secondary N) is 1. The predicted molar refractivity (Wildman–Crippen MR) is 111 cm³/mol. The van der Waals surface area contributed by atoms with E-state index in [1.165, 1.54) is 0 Å². The van der Waals surface area contributed by atoms with Crippen LogP contribution in [0.3, 0.4) is 0 Å². The summed E-state index contributed by atoms with van der Waals surface area (Å²) in [7, 11) is -4.03. The maximum Gasteiger partial charge on any atom is 0.316 e. The molecule has 0 aliphatic carbocycles. The summed E-state index contributed by atoms with van der Waals surface area (Å²) in [5, 5.41) is 8.68. The van der Waals surface area contributed by atoms with E-state index in [1.54, 1.807) is 12.1 Å². The van der Waals surface area contributed by atoms with Crippen LogP contribution < -0.4 is 4.72 Å². The lowest BCUT2D eigenvalue weighted by molar-refractivity contribution is -0.729. The largest absolute Gasteiger partial charge is 0.316 e. The van der Waals surface area contributed by atoms with Gasteiger partial charge in [0.1, 0.15) is 4.90 Å². The van der Waals surface area contributed by atoms with Crippen LogP contribution in [0.5, 0.6) is 0 Å². The van der Waals surface area contributed by atoms with Gasteiger partial charge in [-0.25, -0.2) is 27.1 Å². The molecule has 0 radical (unpaired) electrons. The zero-order valence-electron chi connectivity index (χ0n) is 16.7. The summed E-state index contributed by atoms with van der Waals surface area (Å²) in [6.07, 6.45) is 3.04. The van der Waals surface area contributed by atoms with Crippen LogP contribution in [0.1, 0.15) is 30.4 Å². The van der Waals surface area contributed by atoms with Gasteiger partial charge in [-0.05, 0) is 49.1 Å². The van der Waals surface area contributed by atoms with Crippen LogP contribution in [0, 0.1) is 16.5 Å². The third-order valence-corrected chi connectivity index (χ3v) is 7.14. The van der Waals surface area contributed by atoms with Gasteiger partial charge in [-0.2, -0.15) is 0 Å². The Morgan fingerprint density at radius 1 is 1.10 bits per heavy atom. The van der Waals surface area contributed by atoms with Crippen molar-refractivity contribution in [2.75, 3.05) is 19.6 Å². The molecular weight excluding hydrogens is 452 g/mol. The standard InChI is InChI=1S/C20H23ClF2N3O4S/c21-17-11-18(22)19(23)12-20(17)31(29,30)24-7-2-1-3-8-25-9-6-14-4-5-16(26(27)28)10-15(14)13-25/h4-5,10-12,24H,1-3,6-9,13H2,(H,27,28)/q+1. The van der Waals surface area contributed by atoms with Crippen LogP contribution in [0.25, 0.3) is 0 Å². The van der Waals surface area contributed by atoms with Gasteiger partial charge in [0.25, 0.3) is 4.92 Å². The number of hydrogen-bond acceptors (Lipinski definition) is 4. The Bertz CT molecular complexity index is 1080. The molecule has 1 aliphatic rings. The van der Waals surface area contributed by atoms with E-state index in [1.807, 2.05) is 6.07 Å². The molecule has 31 heavy (non-hydrogen) atoms. The van der Waals surface area contributed by atoms with Crippen molar-refractivity contribution in [3.05, 3.63) is 63.0 Å². The van der Waals surface area contributed by atoms with Gasteiger partial charge in [-0.3, -0.25) is 4.90 Å². The number of benzene rings is 2. The van der Waals surface area contributed by atoms with Crippen molar-refractivity contribution in [1.29, 1.82) is 0 Å². The van der Waals surface area contributed by atoms with Crippen molar-refractivity contribution in [3.8, 4) is 0 Å². The molecule has 0 aromatic heterocycles. The minimum absolute atomic E-state index is 0.145. The van der Waals surface area contributed by atoms with Crippen molar-refractivity contribution in [2.45, 2.75) is 37.1 Å². The number of sulfonamides is 1. The first-order valence-corrected chi connectivity index (χ1v) is 11.7. The Kier molecular flexibility index (Phi) is 7.58. The lowest BCUT2D eigenvalue weighted by Crippen LogP contribution is -2.31. The second kappa shape index (κ2) is 9.99. The van der Waals surface area contributed by atoms with Gasteiger partial charge in [0.2, 0.25) is 10.0 Å². The molecule has 0 unspecified atom stereocenters. The Morgan fingerprint density at radius 2 is 1.84 bits per heavy atom. The molecule has 0 fully saturated rings. The highest BCUT2D eigenvalue weighted by molar-refractivity contribution is 7.89. The Balaban J connectivity index is 1.42. The van der Waals surface area contributed by atoms with Gasteiger partial charge < -0.3 is 0 Å². The highest BCUT2D eigenvalue weighted by Gasteiger charge is 2.22. The molecule has 0 atom stereocenters. The van der Waals surface area contributed by atoms with Crippen LogP contribution in [0.15, 0.2) is 35.2 Å². The zero-order chi connectivity index (χ0) is 22.6. The summed E-state index contributed by atoms with van der Waals surface area (Å²) >= 11 is 5.73. The first-order chi connectivity index (χ1) is 14.7. The first-order valence-electron chi connectivity index (χ1n) is 9.82. The van der Waals surface area contributed by atoms with Crippen molar-refractivity contribution >= 4 is 27.3 Å². The topological polar surface area (TPSA) is 89.7 Å². The van der Waals surface area contributed by atoms with E-state index in [9.17, 15) is 22.1 Å². The van der Waals surface area contributed by atoms with Gasteiger partial charge in [0.05, 0.1) is 9.93 Å². The van der Waals surface area contributed by atoms with E-state index in [4.69, 9.17) is 16.8 Å². The van der Waals surface area contributed by atoms with Crippen LogP contribution in [0.2, 0.25) is 5.02 Å². The molecule has 7 nitrogen and oxygen atoms in total. The average Bonchev–Trinajstić information content (AvgIpc) is 2.72. The Hall–Kier alpha value is -2.14. The predicted octanol–water partition coefficient (Wildman–Crippen LogP) is 3.92. The number of nitrogens with zero attached hydrogens (tertiary/aromatic N) is 2. The zero-order valence-corrected chi connectivity index (χ0v) is 18.2. The lowest BCUT2D eigenvalue weighted by Gasteiger charge is -2.28. The normalized spacial score (nSPS) is 14.4. The molecule has 3 rings (SSSR count). The quantitative estimate of drug-likeness (QED) is 0.326. The number of halogens is 3. The van der Waals surface area contributed by atoms with Gasteiger partial charge in [-0.1, -0.05) is 24.1 Å². The van der Waals surface area contributed by atoms with Crippen molar-refractivity contribution in [2.24, 2.45) is 0 Å². The van der Waals surface area contributed by atoms with Crippen molar-refractivity contribution < 1.29 is 27.3 Å². The lowest BCUT2D eigenvalue weighted by atomic mass is 9.99. The molecular formula is C20H23ClF2N3O4S+. The Labute approximate surface area is 184 Å². The van der Waals surface area contributed by atoms with E-state index in [0.717, 1.165) is 43.5 Å². The van der Waals surface area contributed by atoms with Gasteiger partial charge in [0.15, 0.2) is 11.6 Å². The van der Waals surface area contributed by atoms with E-state index in [-0.39, 0.29) is 22.2 Å². The minimum Gasteiger partial charge on any atom is -0.299 e. The molecule has 0 bridgehead atoms. The summed E-state index contributed by atoms with van der Waals surface area (Å²) < 4.78 is 53.3. The summed E-state index contributed by atoms with van der Waals surface area (Å²) in [6, 6.07) is 6.35. The van der Waals surface area contributed by atoms with Crippen molar-refractivity contribution in [3.63, 3.8) is 0 Å². The monoisotopic (exact) mass is 474 g/mol. The maximum atomic E-state index is 13.3. The molecule has 0 amide bonds. The highest BCUT2D eigenvalue weighted by Crippen LogP contribution is 2.25. The molecule has 0 saturated heterocycles. The summed E-state index contributed by atoms with van der Waals surface area (Å²) in [5.41, 5.74) is 2.37. The van der Waals surface area contributed by atoms with E-state index in [2.05, 4.69) is 9.62 Å². The second-order valence-electron chi connectivity index (χ2n) is 7.41. The molecule has 1 aliphatic heterocycles. The molecule has 11 heteroatoms. The Morgan fingerprint density at radius 3 is 2.58 bits per heavy atom. The molecule has 1 heterocycles. The molecule has 168 valence electrons. The fourth-order valence-electron chi connectivity index (χ4n) is 3.54. The summed E-state index contributed by atoms with van der Waals surface area (Å²) in [4.78, 5) is 12.7. The SMILES string of the molecule is O=[N+](O)c1ccc2c(c1)CN(CCCCCNS(=O)(=O)c1cc(F)c(F)cc1Cl)CC2. The molecule has 2 N–H and O–H groups in total. The highest BCUT2D eigenvalue weighted by atomic mass is 35.5. The summed E-state index contributed by atoms with van der Waals surface area (Å²) in [6.45, 7) is 2.53. The number of hydrogen-bond donors (Lipinski definition) is 2. The summed E-state index contributed by atoms with van der Waals surface area (Å²) in [5.74, 6) is -2.48. The smallest absolute Gasteiger partial charge is 0.299 e. The third-order valence-electron chi connectivity index (χ3n) is 5.21. The van der Waals surface area contributed by atoms with E-state index < -0.39 is 26.6 Å². The fraction of sp³-hybridized carbons (Fsp3) is 0.400. The average molecular weight is 475 g/mol. The minimum atomic E-state index is -4.03. The number of unbranched alkanes of at least 4 members (excludes halogenated alkanes) is 2. The van der Waals surface area contributed by atoms with Crippen molar-refractivity contribution in [1.82, 2.24) is 9.62 Å². The van der Waals surface area contributed by atoms with E-state index >= 15 is 0 Å². The van der Waals surface area contributed by atoms with Crippen LogP contribution in [-0.4, -0.2) is 43.1 Å². The fourth-order valence-corrected chi connectivity index (χ4v) is 5.14. The van der Waals surface area contributed by atoms with Gasteiger partial charge >= 0.3 is 5.69 Å². The molecule has 2 aromatic rings. The molecule has 2 aromatic carbocycles. The molecule has 0 saturated carbocycles. The van der Waals surface area contributed by atoms with Gasteiger partial charge in [-0.15, -0.1) is 0 Å². The number of rotatable bonds is 9. The first kappa shape index (κ1) is 23.5.